The number of hydrogen-bond acceptors (Lipinski definition) is 5. The Kier molecular flexibility index (Phi) is 10.5. The van der Waals surface area contributed by atoms with Crippen molar-refractivity contribution in [1.82, 2.24) is 15.4 Å². The molecule has 0 spiro atoms. The summed E-state index contributed by atoms with van der Waals surface area (Å²) in [5.41, 5.74) is 0. The minimum atomic E-state index is -3.68. The second-order valence-corrected chi connectivity index (χ2v) is 9.28. The highest BCUT2D eigenvalue weighted by atomic mass is 79.9. The Morgan fingerprint density at radius 1 is 1.25 bits per heavy atom. The van der Waals surface area contributed by atoms with Gasteiger partial charge in [0.25, 0.3) is 0 Å². The molecule has 0 heterocycles. The molecule has 0 aliphatic carbocycles. The van der Waals surface area contributed by atoms with E-state index in [-0.39, 0.29) is 43.0 Å². The van der Waals surface area contributed by atoms with Crippen molar-refractivity contribution in [3.63, 3.8) is 0 Å². The van der Waals surface area contributed by atoms with Crippen LogP contribution in [0.25, 0.3) is 0 Å². The lowest BCUT2D eigenvalue weighted by Crippen LogP contribution is -2.45. The molecule has 158 valence electrons. The molecule has 1 aromatic rings. The van der Waals surface area contributed by atoms with Gasteiger partial charge in [-0.2, -0.15) is 0 Å². The van der Waals surface area contributed by atoms with Crippen LogP contribution in [-0.4, -0.2) is 46.2 Å². The van der Waals surface area contributed by atoms with E-state index >= 15 is 0 Å². The van der Waals surface area contributed by atoms with E-state index in [1.54, 1.807) is 19.1 Å². The fraction of sp³-hybridized carbons (Fsp3) is 0.556. The smallest absolute Gasteiger partial charge is 0.407 e. The predicted molar refractivity (Wildman–Crippen MR) is 110 cm³/mol. The van der Waals surface area contributed by atoms with E-state index in [1.807, 2.05) is 13.8 Å². The minimum Gasteiger partial charge on any atom is -0.450 e. The van der Waals surface area contributed by atoms with Crippen molar-refractivity contribution in [1.29, 1.82) is 0 Å². The van der Waals surface area contributed by atoms with Gasteiger partial charge in [0.05, 0.1) is 11.5 Å². The normalized spacial score (nSPS) is 12.5. The summed E-state index contributed by atoms with van der Waals surface area (Å²) in [4.78, 5) is 23.7. The van der Waals surface area contributed by atoms with Crippen LogP contribution in [0.1, 0.15) is 33.6 Å². The Labute approximate surface area is 175 Å². The van der Waals surface area contributed by atoms with E-state index in [0.29, 0.717) is 16.8 Å². The second-order valence-electron chi connectivity index (χ2n) is 6.60. The van der Waals surface area contributed by atoms with Gasteiger partial charge in [-0.05, 0) is 37.5 Å². The molecule has 3 N–H and O–H groups in total. The highest BCUT2D eigenvalue weighted by Crippen LogP contribution is 2.15. The number of carbonyl (C=O) groups excluding carboxylic acids is 2. The molecule has 0 aromatic heterocycles. The van der Waals surface area contributed by atoms with E-state index in [9.17, 15) is 18.0 Å². The molecule has 8 nitrogen and oxygen atoms in total. The van der Waals surface area contributed by atoms with Crippen molar-refractivity contribution in [2.75, 3.05) is 19.7 Å². The van der Waals surface area contributed by atoms with Crippen LogP contribution < -0.4 is 15.4 Å². The lowest BCUT2D eigenvalue weighted by molar-refractivity contribution is -0.121. The molecule has 0 radical (unpaired) electrons. The van der Waals surface area contributed by atoms with Crippen LogP contribution in [0.4, 0.5) is 4.79 Å². The number of ether oxygens (including phenoxy) is 1. The highest BCUT2D eigenvalue weighted by molar-refractivity contribution is 9.10. The quantitative estimate of drug-likeness (QED) is 0.452. The zero-order valence-corrected chi connectivity index (χ0v) is 18.7. The van der Waals surface area contributed by atoms with Crippen LogP contribution in [0.3, 0.4) is 0 Å². The van der Waals surface area contributed by atoms with E-state index in [2.05, 4.69) is 31.3 Å². The maximum atomic E-state index is 12.2. The number of carbonyl (C=O) groups is 2. The van der Waals surface area contributed by atoms with Crippen LogP contribution in [0.5, 0.6) is 0 Å². The van der Waals surface area contributed by atoms with Crippen LogP contribution in [0.15, 0.2) is 33.6 Å². The first kappa shape index (κ1) is 24.4. The number of hydrogen-bond donors (Lipinski definition) is 3. The van der Waals surface area contributed by atoms with Crippen LogP contribution >= 0.6 is 15.9 Å². The largest absolute Gasteiger partial charge is 0.450 e. The topological polar surface area (TPSA) is 114 Å². The maximum Gasteiger partial charge on any atom is 0.407 e. The second kappa shape index (κ2) is 12.0. The molecule has 0 aliphatic heterocycles. The van der Waals surface area contributed by atoms with Crippen molar-refractivity contribution in [2.24, 2.45) is 5.92 Å². The first-order valence-corrected chi connectivity index (χ1v) is 11.4. The number of nitrogens with one attached hydrogen (secondary N) is 3. The van der Waals surface area contributed by atoms with Crippen molar-refractivity contribution in [3.8, 4) is 0 Å². The van der Waals surface area contributed by atoms with E-state index in [0.717, 1.165) is 0 Å². The molecule has 0 bridgehead atoms. The fourth-order valence-corrected chi connectivity index (χ4v) is 4.07. The molecule has 1 rings (SSSR count). The van der Waals surface area contributed by atoms with Gasteiger partial charge >= 0.3 is 6.09 Å². The van der Waals surface area contributed by atoms with E-state index < -0.39 is 16.1 Å². The Balaban J connectivity index is 2.46. The van der Waals surface area contributed by atoms with Gasteiger partial charge in [0.15, 0.2) is 0 Å². The van der Waals surface area contributed by atoms with Gasteiger partial charge in [-0.3, -0.25) is 4.79 Å². The molecule has 10 heteroatoms. The fourth-order valence-electron chi connectivity index (χ4n) is 2.44. The van der Waals surface area contributed by atoms with Gasteiger partial charge < -0.3 is 15.4 Å². The van der Waals surface area contributed by atoms with Gasteiger partial charge in [-0.15, -0.1) is 0 Å². The molecule has 28 heavy (non-hydrogen) atoms. The summed E-state index contributed by atoms with van der Waals surface area (Å²) in [5, 5.41) is 5.44. The summed E-state index contributed by atoms with van der Waals surface area (Å²) in [7, 11) is -3.68. The molecular weight excluding hydrogens is 450 g/mol. The third-order valence-electron chi connectivity index (χ3n) is 3.65. The number of sulfonamides is 1. The first-order chi connectivity index (χ1) is 13.1. The average Bonchev–Trinajstić information content (AvgIpc) is 2.59. The molecule has 1 aromatic carbocycles. The summed E-state index contributed by atoms with van der Waals surface area (Å²) >= 11 is 3.23. The first-order valence-electron chi connectivity index (χ1n) is 9.09. The van der Waals surface area contributed by atoms with Crippen LogP contribution in [0.2, 0.25) is 0 Å². The monoisotopic (exact) mass is 477 g/mol. The molecule has 1 atom stereocenters. The summed E-state index contributed by atoms with van der Waals surface area (Å²) in [6.07, 6.45) is 0.138. The summed E-state index contributed by atoms with van der Waals surface area (Å²) in [6, 6.07) is 6.05. The van der Waals surface area contributed by atoms with E-state index in [4.69, 9.17) is 4.74 Å². The van der Waals surface area contributed by atoms with Crippen LogP contribution in [0, 0.1) is 5.92 Å². The lowest BCUT2D eigenvalue weighted by Gasteiger charge is -2.20. The standard InChI is InChI=1S/C18H28BrN3O5S/c1-4-27-18(24)22-15(10-13(2)3)12-20-17(23)8-9-21-28(25,26)16-7-5-6-14(19)11-16/h5-7,11,13,15,21H,4,8-10,12H2,1-3H3,(H,20,23)(H,22,24). The number of amides is 2. The predicted octanol–water partition coefficient (Wildman–Crippen LogP) is 2.39. The highest BCUT2D eigenvalue weighted by Gasteiger charge is 2.17. The molecule has 0 saturated heterocycles. The summed E-state index contributed by atoms with van der Waals surface area (Å²) in [5.74, 6) is 0.0113. The maximum absolute atomic E-state index is 12.2. The summed E-state index contributed by atoms with van der Waals surface area (Å²) < 4.78 is 32.3. The molecule has 0 fully saturated rings. The van der Waals surface area contributed by atoms with Gasteiger partial charge in [-0.1, -0.05) is 35.8 Å². The minimum absolute atomic E-state index is 0.0129. The Bertz CT molecular complexity index is 755. The number of rotatable bonds is 11. The van der Waals surface area contributed by atoms with Gasteiger partial charge in [0.2, 0.25) is 15.9 Å². The number of alkyl carbamates (subject to hydrolysis) is 1. The van der Waals surface area contributed by atoms with Gasteiger partial charge in [0.1, 0.15) is 0 Å². The molecule has 2 amide bonds. The van der Waals surface area contributed by atoms with Gasteiger partial charge in [0, 0.05) is 30.0 Å². The van der Waals surface area contributed by atoms with E-state index in [1.165, 1.54) is 12.1 Å². The molecule has 0 aliphatic rings. The Morgan fingerprint density at radius 3 is 2.57 bits per heavy atom. The third kappa shape index (κ3) is 9.52. The Morgan fingerprint density at radius 2 is 1.96 bits per heavy atom. The average molecular weight is 478 g/mol. The molecule has 0 saturated carbocycles. The Hall–Kier alpha value is -1.65. The van der Waals surface area contributed by atoms with Crippen LogP contribution in [-0.2, 0) is 19.6 Å². The summed E-state index contributed by atoms with van der Waals surface area (Å²) in [6.45, 7) is 6.23. The molecule has 1 unspecified atom stereocenters. The zero-order valence-electron chi connectivity index (χ0n) is 16.3. The van der Waals surface area contributed by atoms with Crippen molar-refractivity contribution in [2.45, 2.75) is 44.6 Å². The SMILES string of the molecule is CCOC(=O)NC(CNC(=O)CCNS(=O)(=O)c1cccc(Br)c1)CC(C)C. The number of halogens is 1. The third-order valence-corrected chi connectivity index (χ3v) is 5.60. The van der Waals surface area contributed by atoms with Crippen molar-refractivity contribution >= 4 is 38.0 Å². The van der Waals surface area contributed by atoms with Crippen molar-refractivity contribution in [3.05, 3.63) is 28.7 Å². The lowest BCUT2D eigenvalue weighted by atomic mass is 10.0. The molecular formula is C18H28BrN3O5S. The number of benzene rings is 1. The van der Waals surface area contributed by atoms with Gasteiger partial charge in [-0.25, -0.2) is 17.9 Å². The van der Waals surface area contributed by atoms with Crippen molar-refractivity contribution < 1.29 is 22.7 Å². The zero-order chi connectivity index (χ0) is 21.2.